The van der Waals surface area contributed by atoms with E-state index in [0.29, 0.717) is 19.2 Å². The lowest BCUT2D eigenvalue weighted by atomic mass is 9.91. The second kappa shape index (κ2) is 7.60. The lowest BCUT2D eigenvalue weighted by Gasteiger charge is -2.36. The molecular formula is C15H26N2O2. The molecule has 0 aliphatic carbocycles. The highest BCUT2D eigenvalue weighted by atomic mass is 16.5. The van der Waals surface area contributed by atoms with Crippen molar-refractivity contribution in [3.8, 4) is 0 Å². The Morgan fingerprint density at radius 1 is 1.32 bits per heavy atom. The summed E-state index contributed by atoms with van der Waals surface area (Å²) in [6.07, 6.45) is 0. The first-order valence-corrected chi connectivity index (χ1v) is 6.71. The van der Waals surface area contributed by atoms with Gasteiger partial charge in [-0.1, -0.05) is 30.3 Å². The number of nitrogens with two attached hydrogens (primary N) is 1. The van der Waals surface area contributed by atoms with Gasteiger partial charge in [-0.15, -0.1) is 0 Å². The molecule has 0 radical (unpaired) electrons. The molecule has 0 spiro atoms. The maximum atomic E-state index is 9.71. The van der Waals surface area contributed by atoms with Gasteiger partial charge in [-0.3, -0.25) is 4.90 Å². The van der Waals surface area contributed by atoms with Crippen LogP contribution in [-0.2, 0) is 10.3 Å². The Bertz CT molecular complexity index is 356. The highest BCUT2D eigenvalue weighted by Crippen LogP contribution is 2.20. The highest BCUT2D eigenvalue weighted by Gasteiger charge is 2.29. The molecular weight excluding hydrogens is 240 g/mol. The van der Waals surface area contributed by atoms with Crippen molar-refractivity contribution in [3.05, 3.63) is 35.9 Å². The van der Waals surface area contributed by atoms with Crippen molar-refractivity contribution in [2.75, 3.05) is 33.4 Å². The Kier molecular flexibility index (Phi) is 6.45. The fourth-order valence-corrected chi connectivity index (χ4v) is 2.09. The fourth-order valence-electron chi connectivity index (χ4n) is 2.09. The molecule has 4 heteroatoms. The zero-order valence-corrected chi connectivity index (χ0v) is 12.2. The average Bonchev–Trinajstić information content (AvgIpc) is 2.43. The van der Waals surface area contributed by atoms with Crippen molar-refractivity contribution in [2.45, 2.75) is 25.4 Å². The van der Waals surface area contributed by atoms with E-state index in [1.165, 1.54) is 0 Å². The van der Waals surface area contributed by atoms with Gasteiger partial charge in [-0.2, -0.15) is 0 Å². The summed E-state index contributed by atoms with van der Waals surface area (Å²) in [7, 11) is 1.69. The average molecular weight is 266 g/mol. The number of aliphatic hydroxyl groups is 1. The van der Waals surface area contributed by atoms with Gasteiger partial charge in [0.2, 0.25) is 0 Å². The van der Waals surface area contributed by atoms with Crippen molar-refractivity contribution < 1.29 is 9.84 Å². The van der Waals surface area contributed by atoms with E-state index in [1.807, 2.05) is 30.3 Å². The van der Waals surface area contributed by atoms with Crippen LogP contribution in [-0.4, -0.2) is 49.5 Å². The standard InChI is InChI=1S/C15H26N2O2/c1-13(2)17(9-10-19-3)11-15(16,12-18)14-7-5-4-6-8-14/h4-8,13,18H,9-12,16H2,1-3H3. The van der Waals surface area contributed by atoms with Gasteiger partial charge in [0, 0.05) is 26.2 Å². The molecule has 1 rings (SSSR count). The van der Waals surface area contributed by atoms with Crippen molar-refractivity contribution in [2.24, 2.45) is 5.73 Å². The molecule has 4 nitrogen and oxygen atoms in total. The number of aliphatic hydroxyl groups excluding tert-OH is 1. The number of ether oxygens (including phenoxy) is 1. The molecule has 1 atom stereocenters. The Hall–Kier alpha value is -0.940. The summed E-state index contributed by atoms with van der Waals surface area (Å²) in [5.41, 5.74) is 6.62. The Labute approximate surface area is 116 Å². The van der Waals surface area contributed by atoms with E-state index in [0.717, 1.165) is 12.1 Å². The topological polar surface area (TPSA) is 58.7 Å². The summed E-state index contributed by atoms with van der Waals surface area (Å²) in [5.74, 6) is 0. The molecule has 1 unspecified atom stereocenters. The van der Waals surface area contributed by atoms with Gasteiger partial charge in [0.05, 0.1) is 18.8 Å². The molecule has 3 N–H and O–H groups in total. The molecule has 1 aromatic carbocycles. The molecule has 1 aromatic rings. The first kappa shape index (κ1) is 16.1. The Morgan fingerprint density at radius 3 is 2.42 bits per heavy atom. The lowest BCUT2D eigenvalue weighted by Crippen LogP contribution is -2.52. The molecule has 0 aliphatic heterocycles. The third-order valence-corrected chi connectivity index (χ3v) is 3.43. The van der Waals surface area contributed by atoms with Crippen LogP contribution < -0.4 is 5.73 Å². The smallest absolute Gasteiger partial charge is 0.0773 e. The third-order valence-electron chi connectivity index (χ3n) is 3.43. The van der Waals surface area contributed by atoms with Crippen LogP contribution in [0.4, 0.5) is 0 Å². The SMILES string of the molecule is COCCN(CC(N)(CO)c1ccccc1)C(C)C. The van der Waals surface area contributed by atoms with Gasteiger partial charge < -0.3 is 15.6 Å². The molecule has 0 saturated carbocycles. The number of rotatable bonds is 8. The molecule has 0 heterocycles. The monoisotopic (exact) mass is 266 g/mol. The van der Waals surface area contributed by atoms with Gasteiger partial charge in [-0.25, -0.2) is 0 Å². The van der Waals surface area contributed by atoms with Crippen molar-refractivity contribution in [1.29, 1.82) is 0 Å². The Balaban J connectivity index is 2.83. The number of benzene rings is 1. The molecule has 0 bridgehead atoms. The maximum Gasteiger partial charge on any atom is 0.0773 e. The predicted octanol–water partition coefficient (Wildman–Crippen LogP) is 1.19. The minimum Gasteiger partial charge on any atom is -0.394 e. The minimum absolute atomic E-state index is 0.0762. The quantitative estimate of drug-likeness (QED) is 0.742. The summed E-state index contributed by atoms with van der Waals surface area (Å²) in [6, 6.07) is 10.1. The molecule has 0 aliphatic rings. The van der Waals surface area contributed by atoms with E-state index in [2.05, 4.69) is 18.7 Å². The summed E-state index contributed by atoms with van der Waals surface area (Å²) in [4.78, 5) is 2.23. The zero-order valence-electron chi connectivity index (χ0n) is 12.2. The van der Waals surface area contributed by atoms with Crippen LogP contribution in [0, 0.1) is 0 Å². The van der Waals surface area contributed by atoms with Crippen LogP contribution in [0.1, 0.15) is 19.4 Å². The van der Waals surface area contributed by atoms with Crippen LogP contribution in [0.5, 0.6) is 0 Å². The second-order valence-electron chi connectivity index (χ2n) is 5.24. The predicted molar refractivity (Wildman–Crippen MR) is 78.0 cm³/mol. The summed E-state index contributed by atoms with van der Waals surface area (Å²) < 4.78 is 5.13. The van der Waals surface area contributed by atoms with Crippen molar-refractivity contribution in [1.82, 2.24) is 4.90 Å². The van der Waals surface area contributed by atoms with Crippen molar-refractivity contribution >= 4 is 0 Å². The number of methoxy groups -OCH3 is 1. The van der Waals surface area contributed by atoms with Crippen LogP contribution >= 0.6 is 0 Å². The van der Waals surface area contributed by atoms with Gasteiger partial charge in [0.25, 0.3) is 0 Å². The van der Waals surface area contributed by atoms with Crippen LogP contribution in [0.2, 0.25) is 0 Å². The highest BCUT2D eigenvalue weighted by molar-refractivity contribution is 5.24. The van der Waals surface area contributed by atoms with E-state index in [-0.39, 0.29) is 6.61 Å². The minimum atomic E-state index is -0.737. The van der Waals surface area contributed by atoms with E-state index in [9.17, 15) is 5.11 Å². The zero-order chi connectivity index (χ0) is 14.3. The van der Waals surface area contributed by atoms with Gasteiger partial charge in [0.15, 0.2) is 0 Å². The molecule has 108 valence electrons. The first-order chi connectivity index (χ1) is 9.03. The number of hydrogen-bond acceptors (Lipinski definition) is 4. The summed E-state index contributed by atoms with van der Waals surface area (Å²) in [6.45, 7) is 6.24. The summed E-state index contributed by atoms with van der Waals surface area (Å²) in [5, 5.41) is 9.71. The van der Waals surface area contributed by atoms with Gasteiger partial charge in [0.1, 0.15) is 0 Å². The first-order valence-electron chi connectivity index (χ1n) is 6.71. The third kappa shape index (κ3) is 4.58. The maximum absolute atomic E-state index is 9.71. The molecule has 0 fully saturated rings. The van der Waals surface area contributed by atoms with E-state index < -0.39 is 5.54 Å². The van der Waals surface area contributed by atoms with Crippen LogP contribution in [0.25, 0.3) is 0 Å². The molecule has 19 heavy (non-hydrogen) atoms. The molecule has 0 amide bonds. The number of hydrogen-bond donors (Lipinski definition) is 2. The second-order valence-corrected chi connectivity index (χ2v) is 5.24. The van der Waals surface area contributed by atoms with E-state index in [1.54, 1.807) is 7.11 Å². The van der Waals surface area contributed by atoms with Gasteiger partial charge >= 0.3 is 0 Å². The van der Waals surface area contributed by atoms with Crippen molar-refractivity contribution in [3.63, 3.8) is 0 Å². The van der Waals surface area contributed by atoms with Gasteiger partial charge in [-0.05, 0) is 19.4 Å². The Morgan fingerprint density at radius 2 is 1.95 bits per heavy atom. The van der Waals surface area contributed by atoms with Crippen LogP contribution in [0.15, 0.2) is 30.3 Å². The number of nitrogens with zero attached hydrogens (tertiary/aromatic N) is 1. The van der Waals surface area contributed by atoms with Crippen LogP contribution in [0.3, 0.4) is 0 Å². The summed E-state index contributed by atoms with van der Waals surface area (Å²) >= 11 is 0. The fraction of sp³-hybridized carbons (Fsp3) is 0.600. The van der Waals surface area contributed by atoms with E-state index >= 15 is 0 Å². The lowest BCUT2D eigenvalue weighted by molar-refractivity contribution is 0.0863. The largest absolute Gasteiger partial charge is 0.394 e. The molecule has 0 aromatic heterocycles. The molecule has 0 saturated heterocycles. The van der Waals surface area contributed by atoms with E-state index in [4.69, 9.17) is 10.5 Å². The normalized spacial score (nSPS) is 14.9.